The summed E-state index contributed by atoms with van der Waals surface area (Å²) in [5.74, 6) is -4.81. The predicted octanol–water partition coefficient (Wildman–Crippen LogP) is 4.32. The Labute approximate surface area is 324 Å². The summed E-state index contributed by atoms with van der Waals surface area (Å²) in [6, 6.07) is 7.07. The summed E-state index contributed by atoms with van der Waals surface area (Å²) in [7, 11) is -4.35. The van der Waals surface area contributed by atoms with Crippen LogP contribution in [0.4, 0.5) is 18.4 Å². The maximum absolute atomic E-state index is 14.5. The largest absolute Gasteiger partial charge is 0.444 e. The van der Waals surface area contributed by atoms with Gasteiger partial charge < -0.3 is 25.0 Å². The highest BCUT2D eigenvalue weighted by molar-refractivity contribution is 7.89. The number of alkyl carbamates (subject to hydrolysis) is 1. The van der Waals surface area contributed by atoms with Crippen LogP contribution < -0.4 is 15.4 Å². The van der Waals surface area contributed by atoms with Crippen molar-refractivity contribution in [3.05, 3.63) is 82.9 Å². The van der Waals surface area contributed by atoms with Crippen molar-refractivity contribution in [2.75, 3.05) is 6.54 Å². The number of sulfonamides is 1. The van der Waals surface area contributed by atoms with E-state index >= 15 is 0 Å². The predicted molar refractivity (Wildman–Crippen MR) is 198 cm³/mol. The molecule has 2 fully saturated rings. The first-order chi connectivity index (χ1) is 26.4. The van der Waals surface area contributed by atoms with Crippen molar-refractivity contribution in [2.45, 2.75) is 114 Å². The number of benzene rings is 2. The van der Waals surface area contributed by atoms with Crippen molar-refractivity contribution < 1.29 is 50.6 Å². The number of nitrogens with one attached hydrogen (secondary N) is 3. The van der Waals surface area contributed by atoms with E-state index in [4.69, 9.17) is 9.47 Å². The molecule has 4 aliphatic rings. The van der Waals surface area contributed by atoms with E-state index in [-0.39, 0.29) is 44.5 Å². The van der Waals surface area contributed by atoms with Gasteiger partial charge in [0.2, 0.25) is 21.8 Å². The van der Waals surface area contributed by atoms with Crippen LogP contribution in [0.5, 0.6) is 0 Å². The Bertz CT molecular complexity index is 2020. The fourth-order valence-electron chi connectivity index (χ4n) is 7.46. The highest BCUT2D eigenvalue weighted by Crippen LogP contribution is 2.46. The number of carbonyl (C=O) groups is 5. The molecule has 3 N–H and O–H groups in total. The quantitative estimate of drug-likeness (QED) is 0.359. The van der Waals surface area contributed by atoms with Gasteiger partial charge in [-0.25, -0.2) is 26.8 Å². The number of hydrogen-bond donors (Lipinski definition) is 3. The molecule has 1 saturated carbocycles. The molecule has 5 amide bonds. The molecule has 0 unspecified atom stereocenters. The van der Waals surface area contributed by atoms with Crippen molar-refractivity contribution in [3.8, 4) is 0 Å². The van der Waals surface area contributed by atoms with E-state index in [0.29, 0.717) is 36.8 Å². The number of halogens is 2. The van der Waals surface area contributed by atoms with E-state index in [1.807, 2.05) is 6.08 Å². The summed E-state index contributed by atoms with van der Waals surface area (Å²) in [6.45, 7) is 4.85. The number of carbonyl (C=O) groups excluding carboxylic acids is 5. The second-order valence-corrected chi connectivity index (χ2v) is 17.6. The second kappa shape index (κ2) is 16.2. The van der Waals surface area contributed by atoms with Crippen LogP contribution >= 0.6 is 0 Å². The molecule has 5 atom stereocenters. The maximum Gasteiger partial charge on any atom is 0.410 e. The van der Waals surface area contributed by atoms with Crippen LogP contribution in [-0.2, 0) is 52.7 Å². The molecule has 2 aromatic rings. The topological polar surface area (TPSA) is 181 Å². The third-order valence-corrected chi connectivity index (χ3v) is 11.5. The van der Waals surface area contributed by atoms with Crippen LogP contribution in [0.1, 0.15) is 82.4 Å². The molecular formula is C39H47F2N5O9S. The highest BCUT2D eigenvalue weighted by Gasteiger charge is 2.61. The van der Waals surface area contributed by atoms with E-state index in [9.17, 15) is 41.2 Å². The summed E-state index contributed by atoms with van der Waals surface area (Å²) < 4.78 is 67.8. The zero-order valence-electron chi connectivity index (χ0n) is 31.5. The van der Waals surface area contributed by atoms with Gasteiger partial charge in [-0.15, -0.1) is 0 Å². The number of ether oxygens (including phenoxy) is 2. The van der Waals surface area contributed by atoms with Crippen LogP contribution in [0.3, 0.4) is 0 Å². The van der Waals surface area contributed by atoms with Gasteiger partial charge in [-0.05, 0) is 75.8 Å². The average Bonchev–Trinajstić information content (AvgIpc) is 3.40. The van der Waals surface area contributed by atoms with Crippen molar-refractivity contribution >= 4 is 39.9 Å². The van der Waals surface area contributed by atoms with Gasteiger partial charge in [-0.2, -0.15) is 0 Å². The van der Waals surface area contributed by atoms with Gasteiger partial charge >= 0.3 is 12.2 Å². The molecule has 14 nitrogen and oxygen atoms in total. The van der Waals surface area contributed by atoms with Crippen LogP contribution in [0.25, 0.3) is 0 Å². The summed E-state index contributed by atoms with van der Waals surface area (Å²) >= 11 is 0. The Morgan fingerprint density at radius 2 is 1.80 bits per heavy atom. The molecule has 17 heteroatoms. The molecule has 0 bridgehead atoms. The number of rotatable bonds is 6. The molecule has 0 aromatic heterocycles. The fourth-order valence-corrected chi connectivity index (χ4v) is 8.61. The number of amides is 5. The first-order valence-electron chi connectivity index (χ1n) is 18.7. The summed E-state index contributed by atoms with van der Waals surface area (Å²) in [5, 5.41) is 5.38. The van der Waals surface area contributed by atoms with E-state index in [1.165, 1.54) is 28.0 Å². The number of nitrogens with zero attached hydrogens (tertiary/aromatic N) is 2. The van der Waals surface area contributed by atoms with Gasteiger partial charge in [-0.1, -0.05) is 49.3 Å². The molecule has 3 heterocycles. The lowest BCUT2D eigenvalue weighted by Gasteiger charge is -2.30. The van der Waals surface area contributed by atoms with Gasteiger partial charge in [0, 0.05) is 24.4 Å². The van der Waals surface area contributed by atoms with Crippen molar-refractivity contribution in [2.24, 2.45) is 5.92 Å². The van der Waals surface area contributed by atoms with E-state index in [2.05, 4.69) is 15.4 Å². The van der Waals surface area contributed by atoms with E-state index in [0.717, 1.165) is 12.1 Å². The molecule has 302 valence electrons. The molecule has 1 aliphatic carbocycles. The van der Waals surface area contributed by atoms with E-state index in [1.54, 1.807) is 39.0 Å². The Hall–Kier alpha value is -5.06. The fraction of sp³-hybridized carbons (Fsp3) is 0.513. The Balaban J connectivity index is 1.25. The normalized spacial score (nSPS) is 25.4. The van der Waals surface area contributed by atoms with Crippen LogP contribution in [-0.4, -0.2) is 84.0 Å². The van der Waals surface area contributed by atoms with Crippen LogP contribution in [0, 0.1) is 17.6 Å². The summed E-state index contributed by atoms with van der Waals surface area (Å²) in [6.07, 6.45) is 3.60. The van der Waals surface area contributed by atoms with Gasteiger partial charge in [0.15, 0.2) is 0 Å². The van der Waals surface area contributed by atoms with Crippen molar-refractivity contribution in [3.63, 3.8) is 0 Å². The van der Waals surface area contributed by atoms with Crippen molar-refractivity contribution in [1.82, 2.24) is 25.2 Å². The SMILES string of the molecule is CC(C)(C)OC(=O)N[C@H]1CCCCCC=C[C@@H]2C[C@@]2(C(=O)NS(=O)(=O)Cc2cccc(F)c2)NC(=O)[C@@H]2C[C@@H](OC(=O)N3Cc4cccc(F)c4C3)CN2C1=O. The maximum atomic E-state index is 14.5. The zero-order chi connectivity index (χ0) is 40.4. The monoisotopic (exact) mass is 799 g/mol. The first-order valence-corrected chi connectivity index (χ1v) is 20.4. The first kappa shape index (κ1) is 40.6. The van der Waals surface area contributed by atoms with Gasteiger partial charge in [0.1, 0.15) is 41.0 Å². The number of allylic oxidation sites excluding steroid dienone is 1. The van der Waals surface area contributed by atoms with Crippen LogP contribution in [0.2, 0.25) is 0 Å². The highest BCUT2D eigenvalue weighted by atomic mass is 32.2. The number of fused-ring (bicyclic) bond motifs is 3. The van der Waals surface area contributed by atoms with Crippen molar-refractivity contribution in [1.29, 1.82) is 0 Å². The smallest absolute Gasteiger partial charge is 0.410 e. The van der Waals surface area contributed by atoms with Gasteiger partial charge in [0.25, 0.3) is 5.91 Å². The molecule has 1 saturated heterocycles. The Kier molecular flexibility index (Phi) is 11.7. The minimum absolute atomic E-state index is 0.0311. The van der Waals surface area contributed by atoms with Gasteiger partial charge in [-0.3, -0.25) is 24.0 Å². The standard InChI is InChI=1S/C39H47F2N5O9S/c1-38(2,3)55-36(50)42-31-16-8-6-4-5-7-13-26-19-39(26,35(49)44-56(52,53)23-24-11-9-14-27(40)17-24)43-33(47)32-18-28(21-46(32)34(31)48)54-37(51)45-20-25-12-10-15-30(41)29(25)22-45/h7,9-15,17,26,28,31-32H,4-6,8,16,18-23H2,1-3H3,(H,42,50)(H,43,47)(H,44,49)/t26-,28-,31+,32+,39-/m1/s1. The average molecular weight is 800 g/mol. The van der Waals surface area contributed by atoms with Gasteiger partial charge in [0.05, 0.1) is 18.8 Å². The summed E-state index contributed by atoms with van der Waals surface area (Å²) in [5.41, 5.74) is -1.47. The second-order valence-electron chi connectivity index (χ2n) is 15.8. The van der Waals surface area contributed by atoms with Crippen LogP contribution in [0.15, 0.2) is 54.6 Å². The molecule has 0 spiro atoms. The minimum atomic E-state index is -4.35. The molecule has 2 aromatic carbocycles. The van der Waals surface area contributed by atoms with E-state index < -0.39 is 92.6 Å². The summed E-state index contributed by atoms with van der Waals surface area (Å²) in [4.78, 5) is 71.3. The minimum Gasteiger partial charge on any atom is -0.444 e. The molecule has 3 aliphatic heterocycles. The number of hydrogen-bond acceptors (Lipinski definition) is 9. The Morgan fingerprint density at radius 1 is 1.04 bits per heavy atom. The Morgan fingerprint density at radius 3 is 2.54 bits per heavy atom. The zero-order valence-corrected chi connectivity index (χ0v) is 32.3. The molecule has 56 heavy (non-hydrogen) atoms. The lowest BCUT2D eigenvalue weighted by molar-refractivity contribution is -0.141. The molecule has 0 radical (unpaired) electrons. The third-order valence-electron chi connectivity index (χ3n) is 10.3. The molecule has 6 rings (SSSR count). The molecular weight excluding hydrogens is 753 g/mol. The lowest BCUT2D eigenvalue weighted by atomic mass is 10.0. The third kappa shape index (κ3) is 9.65. The lowest BCUT2D eigenvalue weighted by Crippen LogP contribution is -2.58.